The number of unbranched alkanes of at least 4 members (excludes halogenated alkanes) is 15. The highest BCUT2D eigenvalue weighted by Crippen LogP contribution is 2.11. The van der Waals surface area contributed by atoms with E-state index in [1.807, 2.05) is 0 Å². The molecule has 0 amide bonds. The Morgan fingerprint density at radius 1 is 0.500 bits per heavy atom. The molecule has 0 aromatic rings. The minimum Gasteiger partial charge on any atom is -0.396 e. The van der Waals surface area contributed by atoms with Crippen LogP contribution in [0.15, 0.2) is 12.2 Å². The molecule has 1 heteroatoms. The van der Waals surface area contributed by atoms with Gasteiger partial charge in [-0.05, 0) is 32.1 Å². The lowest BCUT2D eigenvalue weighted by molar-refractivity contribution is 0.282. The van der Waals surface area contributed by atoms with Gasteiger partial charge in [-0.1, -0.05) is 96.1 Å². The van der Waals surface area contributed by atoms with Crippen molar-refractivity contribution in [2.45, 2.75) is 116 Å². The smallest absolute Gasteiger partial charge is 0.0431 e. The Hall–Kier alpha value is -0.300. The summed E-state index contributed by atoms with van der Waals surface area (Å²) in [5.41, 5.74) is 0. The van der Waals surface area contributed by atoms with Gasteiger partial charge >= 0.3 is 0 Å². The molecule has 0 bridgehead atoms. The summed E-state index contributed by atoms with van der Waals surface area (Å²) in [6.45, 7) is 2.65. The van der Waals surface area contributed by atoms with Crippen molar-refractivity contribution in [3.8, 4) is 0 Å². The third-order valence-electron chi connectivity index (χ3n) is 4.42. The molecule has 0 saturated heterocycles. The van der Waals surface area contributed by atoms with Gasteiger partial charge in [0.15, 0.2) is 0 Å². The van der Waals surface area contributed by atoms with Crippen LogP contribution in [0.1, 0.15) is 116 Å². The fraction of sp³-hybridized carbons (Fsp3) is 0.905. The second kappa shape index (κ2) is 20.7. The van der Waals surface area contributed by atoms with Crippen molar-refractivity contribution in [2.75, 3.05) is 6.61 Å². The molecule has 0 atom stereocenters. The van der Waals surface area contributed by atoms with E-state index in [9.17, 15) is 0 Å². The molecule has 0 aromatic heterocycles. The first kappa shape index (κ1) is 21.7. The molecule has 0 rings (SSSR count). The van der Waals surface area contributed by atoms with E-state index in [2.05, 4.69) is 19.1 Å². The molecule has 0 radical (unpaired) electrons. The maximum absolute atomic E-state index is 8.70. The molecule has 0 aliphatic carbocycles. The Morgan fingerprint density at radius 2 is 0.864 bits per heavy atom. The van der Waals surface area contributed by atoms with Crippen LogP contribution in [0.5, 0.6) is 0 Å². The van der Waals surface area contributed by atoms with Crippen molar-refractivity contribution in [2.24, 2.45) is 0 Å². The average molecular weight is 311 g/mol. The predicted octanol–water partition coefficient (Wildman–Crippen LogP) is 7.19. The molecule has 1 N–H and O–H groups in total. The van der Waals surface area contributed by atoms with Crippen molar-refractivity contribution >= 4 is 0 Å². The summed E-state index contributed by atoms with van der Waals surface area (Å²) in [4.78, 5) is 0. The molecule has 0 saturated carbocycles. The van der Waals surface area contributed by atoms with E-state index in [4.69, 9.17) is 5.11 Å². The summed E-state index contributed by atoms with van der Waals surface area (Å²) in [7, 11) is 0. The van der Waals surface area contributed by atoms with Crippen LogP contribution < -0.4 is 0 Å². The standard InChI is InChI=1S/C21H42O/c1-2-3-4-5-6-7-8-9-10-11-12-13-14-15-16-17-18-19-20-21-22/h9-10,22H,2-8,11-21H2,1H3. The van der Waals surface area contributed by atoms with E-state index in [1.54, 1.807) is 0 Å². The van der Waals surface area contributed by atoms with Gasteiger partial charge in [-0.25, -0.2) is 0 Å². The first-order valence-corrected chi connectivity index (χ1v) is 10.2. The highest BCUT2D eigenvalue weighted by atomic mass is 16.2. The molecule has 0 unspecified atom stereocenters. The average Bonchev–Trinajstić information content (AvgIpc) is 2.54. The predicted molar refractivity (Wildman–Crippen MR) is 100 cm³/mol. The van der Waals surface area contributed by atoms with Gasteiger partial charge < -0.3 is 5.11 Å². The molecule has 0 fully saturated rings. The fourth-order valence-electron chi connectivity index (χ4n) is 2.89. The molecule has 0 aromatic carbocycles. The lowest BCUT2D eigenvalue weighted by atomic mass is 10.1. The Morgan fingerprint density at radius 3 is 1.27 bits per heavy atom. The largest absolute Gasteiger partial charge is 0.396 e. The normalized spacial score (nSPS) is 11.5. The fourth-order valence-corrected chi connectivity index (χ4v) is 2.89. The van der Waals surface area contributed by atoms with Crippen molar-refractivity contribution in [3.05, 3.63) is 12.2 Å². The Balaban J connectivity index is 3.02. The van der Waals surface area contributed by atoms with Gasteiger partial charge in [0.05, 0.1) is 0 Å². The number of aliphatic hydroxyl groups excluding tert-OH is 1. The second-order valence-corrected chi connectivity index (χ2v) is 6.72. The number of aliphatic hydroxyl groups is 1. The van der Waals surface area contributed by atoms with E-state index in [0.717, 1.165) is 6.42 Å². The number of hydrogen-bond donors (Lipinski definition) is 1. The van der Waals surface area contributed by atoms with E-state index in [0.29, 0.717) is 6.61 Å². The first-order valence-electron chi connectivity index (χ1n) is 10.2. The molecular formula is C21H42O. The zero-order chi connectivity index (χ0) is 16.1. The molecular weight excluding hydrogens is 268 g/mol. The van der Waals surface area contributed by atoms with E-state index in [1.165, 1.54) is 103 Å². The van der Waals surface area contributed by atoms with E-state index >= 15 is 0 Å². The van der Waals surface area contributed by atoms with Crippen LogP contribution >= 0.6 is 0 Å². The van der Waals surface area contributed by atoms with Crippen molar-refractivity contribution in [3.63, 3.8) is 0 Å². The van der Waals surface area contributed by atoms with Crippen molar-refractivity contribution < 1.29 is 5.11 Å². The summed E-state index contributed by atoms with van der Waals surface area (Å²) in [5, 5.41) is 8.70. The highest BCUT2D eigenvalue weighted by Gasteiger charge is 1.92. The summed E-state index contributed by atoms with van der Waals surface area (Å²) < 4.78 is 0. The number of hydrogen-bond acceptors (Lipinski definition) is 1. The third kappa shape index (κ3) is 19.7. The van der Waals surface area contributed by atoms with Gasteiger partial charge in [0, 0.05) is 6.61 Å². The molecule has 0 spiro atoms. The first-order chi connectivity index (χ1) is 10.9. The quantitative estimate of drug-likeness (QED) is 0.210. The molecule has 0 aliphatic heterocycles. The topological polar surface area (TPSA) is 20.2 Å². The molecule has 22 heavy (non-hydrogen) atoms. The van der Waals surface area contributed by atoms with Crippen molar-refractivity contribution in [1.82, 2.24) is 0 Å². The maximum Gasteiger partial charge on any atom is 0.0431 e. The summed E-state index contributed by atoms with van der Waals surface area (Å²) >= 11 is 0. The van der Waals surface area contributed by atoms with Gasteiger partial charge in [-0.3, -0.25) is 0 Å². The Bertz CT molecular complexity index is 210. The minimum atomic E-state index is 0.367. The number of allylic oxidation sites excluding steroid dienone is 2. The summed E-state index contributed by atoms with van der Waals surface area (Å²) in [5.74, 6) is 0. The lowest BCUT2D eigenvalue weighted by Gasteiger charge is -2.01. The van der Waals surface area contributed by atoms with Crippen LogP contribution in [0.4, 0.5) is 0 Å². The lowest BCUT2D eigenvalue weighted by Crippen LogP contribution is -1.84. The second-order valence-electron chi connectivity index (χ2n) is 6.72. The van der Waals surface area contributed by atoms with Gasteiger partial charge in [-0.2, -0.15) is 0 Å². The minimum absolute atomic E-state index is 0.367. The van der Waals surface area contributed by atoms with E-state index < -0.39 is 0 Å². The maximum atomic E-state index is 8.70. The third-order valence-corrected chi connectivity index (χ3v) is 4.42. The monoisotopic (exact) mass is 310 g/mol. The number of rotatable bonds is 18. The molecule has 132 valence electrons. The Kier molecular flexibility index (Phi) is 20.4. The van der Waals surface area contributed by atoms with Crippen LogP contribution in [0.3, 0.4) is 0 Å². The van der Waals surface area contributed by atoms with Gasteiger partial charge in [0.2, 0.25) is 0 Å². The molecule has 1 nitrogen and oxygen atoms in total. The zero-order valence-electron chi connectivity index (χ0n) is 15.3. The SMILES string of the molecule is CCCCCCCCC=CCCCCCCCCCCCO. The van der Waals surface area contributed by atoms with Crippen LogP contribution in [0.2, 0.25) is 0 Å². The van der Waals surface area contributed by atoms with Crippen LogP contribution in [0, 0.1) is 0 Å². The van der Waals surface area contributed by atoms with Gasteiger partial charge in [0.25, 0.3) is 0 Å². The van der Waals surface area contributed by atoms with Gasteiger partial charge in [0.1, 0.15) is 0 Å². The molecule has 0 heterocycles. The molecule has 0 aliphatic rings. The summed E-state index contributed by atoms with van der Waals surface area (Å²) in [6, 6.07) is 0. The van der Waals surface area contributed by atoms with E-state index in [-0.39, 0.29) is 0 Å². The van der Waals surface area contributed by atoms with Crippen LogP contribution in [0.25, 0.3) is 0 Å². The van der Waals surface area contributed by atoms with Crippen LogP contribution in [-0.4, -0.2) is 11.7 Å². The Labute approximate surface area is 140 Å². The van der Waals surface area contributed by atoms with Crippen molar-refractivity contribution in [1.29, 1.82) is 0 Å². The van der Waals surface area contributed by atoms with Crippen LogP contribution in [-0.2, 0) is 0 Å². The highest BCUT2D eigenvalue weighted by molar-refractivity contribution is 4.81. The van der Waals surface area contributed by atoms with Gasteiger partial charge in [-0.15, -0.1) is 0 Å². The summed E-state index contributed by atoms with van der Waals surface area (Å²) in [6.07, 6.45) is 27.7. The zero-order valence-corrected chi connectivity index (χ0v) is 15.3.